The topological polar surface area (TPSA) is 72.1 Å². The van der Waals surface area contributed by atoms with Gasteiger partial charge in [0.2, 0.25) is 5.91 Å². The largest absolute Gasteiger partial charge is 0.369 e. The zero-order chi connectivity index (χ0) is 11.5. The Bertz CT molecular complexity index is 390. The number of aromatic nitrogens is 2. The van der Waals surface area contributed by atoms with Gasteiger partial charge < -0.3 is 10.6 Å². The molecule has 1 aromatic rings. The predicted molar refractivity (Wildman–Crippen MR) is 68.9 cm³/mol. The van der Waals surface area contributed by atoms with Crippen LogP contribution in [0.5, 0.6) is 0 Å². The Morgan fingerprint density at radius 1 is 1.50 bits per heavy atom. The van der Waals surface area contributed by atoms with E-state index in [-0.39, 0.29) is 11.8 Å². The van der Waals surface area contributed by atoms with E-state index in [9.17, 15) is 4.79 Å². The average molecular weight is 332 g/mol. The molecule has 0 aliphatic carbocycles. The van der Waals surface area contributed by atoms with Crippen LogP contribution in [-0.4, -0.2) is 29.0 Å². The number of hydrogen-bond donors (Lipinski definition) is 1. The Kier molecular flexibility index (Phi) is 3.57. The maximum atomic E-state index is 11.0. The molecule has 86 valence electrons. The molecule has 1 aliphatic rings. The second-order valence-electron chi connectivity index (χ2n) is 3.86. The molecule has 16 heavy (non-hydrogen) atoms. The first kappa shape index (κ1) is 11.6. The second-order valence-corrected chi connectivity index (χ2v) is 5.02. The molecule has 1 amide bonds. The Morgan fingerprint density at radius 2 is 2.19 bits per heavy atom. The molecular formula is C10H13IN4O. The standard InChI is InChI=1S/C10H13IN4O/c11-8-5-13-6-14-10(8)15-3-1-7(2-4-15)9(12)16/h5-7H,1-4H2,(H2,12,16). The van der Waals surface area contributed by atoms with Crippen LogP contribution in [0.4, 0.5) is 5.82 Å². The molecule has 1 saturated heterocycles. The van der Waals surface area contributed by atoms with Crippen LogP contribution in [0.3, 0.4) is 0 Å². The van der Waals surface area contributed by atoms with Gasteiger partial charge in [-0.05, 0) is 35.4 Å². The quantitative estimate of drug-likeness (QED) is 0.813. The van der Waals surface area contributed by atoms with E-state index in [0.717, 1.165) is 35.3 Å². The van der Waals surface area contributed by atoms with E-state index in [1.54, 1.807) is 12.5 Å². The molecule has 1 fully saturated rings. The third-order valence-electron chi connectivity index (χ3n) is 2.85. The van der Waals surface area contributed by atoms with Crippen LogP contribution in [0.15, 0.2) is 12.5 Å². The number of nitrogens with zero attached hydrogens (tertiary/aromatic N) is 3. The van der Waals surface area contributed by atoms with Gasteiger partial charge in [0, 0.05) is 25.2 Å². The van der Waals surface area contributed by atoms with E-state index in [0.29, 0.717) is 0 Å². The lowest BCUT2D eigenvalue weighted by Gasteiger charge is -2.31. The van der Waals surface area contributed by atoms with Gasteiger partial charge >= 0.3 is 0 Å². The van der Waals surface area contributed by atoms with Crippen molar-refractivity contribution in [3.63, 3.8) is 0 Å². The van der Waals surface area contributed by atoms with Crippen molar-refractivity contribution >= 4 is 34.3 Å². The summed E-state index contributed by atoms with van der Waals surface area (Å²) in [4.78, 5) is 21.5. The molecule has 0 atom stereocenters. The zero-order valence-corrected chi connectivity index (χ0v) is 10.9. The van der Waals surface area contributed by atoms with Crippen LogP contribution < -0.4 is 10.6 Å². The first-order chi connectivity index (χ1) is 7.68. The normalized spacial score (nSPS) is 17.4. The predicted octanol–water partition coefficient (Wildman–Crippen LogP) is 0.783. The molecule has 0 bridgehead atoms. The Hall–Kier alpha value is -0.920. The molecule has 2 N–H and O–H groups in total. The van der Waals surface area contributed by atoms with Crippen molar-refractivity contribution in [3.05, 3.63) is 16.1 Å². The minimum Gasteiger partial charge on any atom is -0.369 e. The Labute approximate surface area is 108 Å². The molecule has 2 heterocycles. The van der Waals surface area contributed by atoms with Crippen LogP contribution in [0.2, 0.25) is 0 Å². The van der Waals surface area contributed by atoms with Crippen molar-refractivity contribution in [2.24, 2.45) is 11.7 Å². The smallest absolute Gasteiger partial charge is 0.220 e. The second kappa shape index (κ2) is 4.94. The number of anilines is 1. The number of rotatable bonds is 2. The van der Waals surface area contributed by atoms with E-state index in [2.05, 4.69) is 37.5 Å². The van der Waals surface area contributed by atoms with E-state index in [1.165, 1.54) is 0 Å². The summed E-state index contributed by atoms with van der Waals surface area (Å²) in [5.74, 6) is 0.798. The van der Waals surface area contributed by atoms with Crippen molar-refractivity contribution in [2.75, 3.05) is 18.0 Å². The number of hydrogen-bond acceptors (Lipinski definition) is 4. The lowest BCUT2D eigenvalue weighted by atomic mass is 9.96. The van der Waals surface area contributed by atoms with Gasteiger partial charge in [-0.1, -0.05) is 0 Å². The molecule has 0 spiro atoms. The number of halogens is 1. The van der Waals surface area contributed by atoms with Gasteiger partial charge in [-0.3, -0.25) is 4.79 Å². The lowest BCUT2D eigenvalue weighted by Crippen LogP contribution is -2.39. The lowest BCUT2D eigenvalue weighted by molar-refractivity contribution is -0.122. The van der Waals surface area contributed by atoms with Crippen LogP contribution in [0.25, 0.3) is 0 Å². The molecule has 0 aromatic carbocycles. The maximum absolute atomic E-state index is 11.0. The minimum atomic E-state index is -0.183. The minimum absolute atomic E-state index is 0.0238. The zero-order valence-electron chi connectivity index (χ0n) is 8.77. The summed E-state index contributed by atoms with van der Waals surface area (Å²) in [5.41, 5.74) is 5.30. The van der Waals surface area contributed by atoms with Gasteiger partial charge in [0.05, 0.1) is 3.57 Å². The number of carbonyl (C=O) groups excluding carboxylic acids is 1. The highest BCUT2D eigenvalue weighted by atomic mass is 127. The molecule has 0 unspecified atom stereocenters. The highest BCUT2D eigenvalue weighted by molar-refractivity contribution is 14.1. The summed E-state index contributed by atoms with van der Waals surface area (Å²) in [6.07, 6.45) is 4.98. The third-order valence-corrected chi connectivity index (χ3v) is 3.61. The molecule has 6 heteroatoms. The summed E-state index contributed by atoms with van der Waals surface area (Å²) < 4.78 is 1.04. The van der Waals surface area contributed by atoms with Gasteiger partial charge in [0.25, 0.3) is 0 Å². The van der Waals surface area contributed by atoms with E-state index < -0.39 is 0 Å². The first-order valence-corrected chi connectivity index (χ1v) is 6.26. The molecule has 1 aromatic heterocycles. The first-order valence-electron chi connectivity index (χ1n) is 5.18. The van der Waals surface area contributed by atoms with Crippen LogP contribution >= 0.6 is 22.6 Å². The van der Waals surface area contributed by atoms with Crippen molar-refractivity contribution in [1.29, 1.82) is 0 Å². The average Bonchev–Trinajstić information content (AvgIpc) is 2.30. The van der Waals surface area contributed by atoms with Gasteiger partial charge in [-0.15, -0.1) is 0 Å². The fourth-order valence-corrected chi connectivity index (χ4v) is 2.56. The maximum Gasteiger partial charge on any atom is 0.220 e. The molecule has 0 radical (unpaired) electrons. The molecule has 0 saturated carbocycles. The van der Waals surface area contributed by atoms with E-state index in [1.807, 2.05) is 0 Å². The van der Waals surface area contributed by atoms with Gasteiger partial charge in [0.15, 0.2) is 0 Å². The number of amides is 1. The highest BCUT2D eigenvalue weighted by Gasteiger charge is 2.24. The van der Waals surface area contributed by atoms with Crippen molar-refractivity contribution < 1.29 is 4.79 Å². The molecule has 5 nitrogen and oxygen atoms in total. The summed E-state index contributed by atoms with van der Waals surface area (Å²) in [5, 5.41) is 0. The summed E-state index contributed by atoms with van der Waals surface area (Å²) in [7, 11) is 0. The summed E-state index contributed by atoms with van der Waals surface area (Å²) in [6, 6.07) is 0. The fourth-order valence-electron chi connectivity index (χ4n) is 1.91. The Balaban J connectivity index is 2.05. The van der Waals surface area contributed by atoms with Crippen molar-refractivity contribution in [1.82, 2.24) is 9.97 Å². The fraction of sp³-hybridized carbons (Fsp3) is 0.500. The highest BCUT2D eigenvalue weighted by Crippen LogP contribution is 2.24. The van der Waals surface area contributed by atoms with Crippen LogP contribution in [0, 0.1) is 9.49 Å². The van der Waals surface area contributed by atoms with Gasteiger partial charge in [-0.2, -0.15) is 0 Å². The number of nitrogens with two attached hydrogens (primary N) is 1. The van der Waals surface area contributed by atoms with Crippen LogP contribution in [-0.2, 0) is 4.79 Å². The Morgan fingerprint density at radius 3 is 2.75 bits per heavy atom. The summed E-state index contributed by atoms with van der Waals surface area (Å²) in [6.45, 7) is 1.67. The third kappa shape index (κ3) is 2.42. The number of primary amides is 1. The van der Waals surface area contributed by atoms with Gasteiger partial charge in [0.1, 0.15) is 12.1 Å². The number of carbonyl (C=O) groups is 1. The SMILES string of the molecule is NC(=O)C1CCN(c2ncncc2I)CC1. The van der Waals surface area contributed by atoms with Crippen molar-refractivity contribution in [3.8, 4) is 0 Å². The molecule has 1 aliphatic heterocycles. The molecule has 2 rings (SSSR count). The van der Waals surface area contributed by atoms with Crippen molar-refractivity contribution in [2.45, 2.75) is 12.8 Å². The van der Waals surface area contributed by atoms with E-state index >= 15 is 0 Å². The molecular weight excluding hydrogens is 319 g/mol. The van der Waals surface area contributed by atoms with Crippen LogP contribution in [0.1, 0.15) is 12.8 Å². The van der Waals surface area contributed by atoms with Gasteiger partial charge in [-0.25, -0.2) is 9.97 Å². The number of piperidine rings is 1. The summed E-state index contributed by atoms with van der Waals surface area (Å²) >= 11 is 2.22. The monoisotopic (exact) mass is 332 g/mol. The van der Waals surface area contributed by atoms with E-state index in [4.69, 9.17) is 5.73 Å².